The lowest BCUT2D eigenvalue weighted by molar-refractivity contribution is -0.140. The van der Waals surface area contributed by atoms with E-state index in [0.29, 0.717) is 31.0 Å². The Bertz CT molecular complexity index is 1140. The lowest BCUT2D eigenvalue weighted by Gasteiger charge is -2.25. The summed E-state index contributed by atoms with van der Waals surface area (Å²) in [6, 6.07) is 19.9. The van der Waals surface area contributed by atoms with E-state index in [0.717, 1.165) is 10.4 Å². The minimum absolute atomic E-state index is 0.124. The molecule has 3 aromatic rings. The van der Waals surface area contributed by atoms with Gasteiger partial charge in [0.25, 0.3) is 11.7 Å². The molecule has 7 heteroatoms. The molecule has 4 rings (SSSR count). The summed E-state index contributed by atoms with van der Waals surface area (Å²) >= 11 is 1.46. The maximum absolute atomic E-state index is 13.0. The van der Waals surface area contributed by atoms with Crippen molar-refractivity contribution in [2.75, 3.05) is 27.2 Å². The van der Waals surface area contributed by atoms with Gasteiger partial charge in [0.05, 0.1) is 11.6 Å². The lowest BCUT2D eigenvalue weighted by Crippen LogP contribution is -2.35. The van der Waals surface area contributed by atoms with Gasteiger partial charge in [-0.25, -0.2) is 0 Å². The zero-order chi connectivity index (χ0) is 23.4. The van der Waals surface area contributed by atoms with Crippen molar-refractivity contribution in [3.05, 3.63) is 93.7 Å². The molecule has 1 saturated heterocycles. The summed E-state index contributed by atoms with van der Waals surface area (Å²) in [7, 11) is 3.83. The molecule has 0 unspecified atom stereocenters. The van der Waals surface area contributed by atoms with Gasteiger partial charge in [-0.15, -0.1) is 11.3 Å². The van der Waals surface area contributed by atoms with Gasteiger partial charge in [-0.1, -0.05) is 36.4 Å². The first-order chi connectivity index (χ1) is 16.0. The van der Waals surface area contributed by atoms with Gasteiger partial charge in [-0.05, 0) is 55.4 Å². The lowest BCUT2D eigenvalue weighted by atomic mass is 10.00. The maximum atomic E-state index is 13.0. The van der Waals surface area contributed by atoms with E-state index in [1.54, 1.807) is 29.2 Å². The normalized spacial score (nSPS) is 17.7. The van der Waals surface area contributed by atoms with E-state index < -0.39 is 17.7 Å². The van der Waals surface area contributed by atoms with Crippen LogP contribution in [0, 0.1) is 0 Å². The van der Waals surface area contributed by atoms with Crippen LogP contribution in [0.15, 0.2) is 77.7 Å². The van der Waals surface area contributed by atoms with E-state index in [9.17, 15) is 14.7 Å². The Balaban J connectivity index is 1.61. The second kappa shape index (κ2) is 10.0. The van der Waals surface area contributed by atoms with Crippen LogP contribution in [0.25, 0.3) is 5.76 Å². The van der Waals surface area contributed by atoms with Crippen LogP contribution in [-0.4, -0.2) is 53.8 Å². The Kier molecular flexibility index (Phi) is 6.91. The Morgan fingerprint density at radius 1 is 1.03 bits per heavy atom. The highest BCUT2D eigenvalue weighted by atomic mass is 32.1. The molecule has 2 aromatic carbocycles. The first-order valence-corrected chi connectivity index (χ1v) is 11.6. The molecule has 0 bridgehead atoms. The summed E-state index contributed by atoms with van der Waals surface area (Å²) < 4.78 is 5.81. The third-order valence-corrected chi connectivity index (χ3v) is 6.44. The predicted molar refractivity (Wildman–Crippen MR) is 129 cm³/mol. The first kappa shape index (κ1) is 22.8. The quantitative estimate of drug-likeness (QED) is 0.307. The number of carbonyl (C=O) groups is 2. The Hall–Kier alpha value is -3.42. The number of likely N-dealkylation sites (tertiary alicyclic amines) is 1. The average Bonchev–Trinajstić information content (AvgIpc) is 3.44. The molecule has 1 fully saturated rings. The van der Waals surface area contributed by atoms with Gasteiger partial charge in [0.15, 0.2) is 0 Å². The number of amides is 1. The number of ketones is 1. The van der Waals surface area contributed by atoms with Crippen molar-refractivity contribution in [3.63, 3.8) is 0 Å². The molecular weight excluding hydrogens is 436 g/mol. The van der Waals surface area contributed by atoms with Gasteiger partial charge in [-0.2, -0.15) is 0 Å². The van der Waals surface area contributed by atoms with E-state index >= 15 is 0 Å². The van der Waals surface area contributed by atoms with Gasteiger partial charge in [0.1, 0.15) is 18.1 Å². The fraction of sp³-hybridized carbons (Fsp3) is 0.231. The number of aliphatic hydroxyl groups excluding tert-OH is 1. The summed E-state index contributed by atoms with van der Waals surface area (Å²) in [5.41, 5.74) is 1.64. The van der Waals surface area contributed by atoms with Crippen LogP contribution in [0.4, 0.5) is 0 Å². The summed E-state index contributed by atoms with van der Waals surface area (Å²) in [6.45, 7) is 1.44. The number of ether oxygens (including phenoxy) is 1. The van der Waals surface area contributed by atoms with Crippen LogP contribution in [-0.2, 0) is 16.2 Å². The van der Waals surface area contributed by atoms with Gasteiger partial charge in [-0.3, -0.25) is 9.59 Å². The molecule has 33 heavy (non-hydrogen) atoms. The number of Topliss-reactive ketones (excluding diaryl/α,β-unsaturated/α-hetero) is 1. The number of thiophene rings is 1. The van der Waals surface area contributed by atoms with Crippen LogP contribution >= 0.6 is 11.3 Å². The van der Waals surface area contributed by atoms with Crippen LogP contribution in [0.2, 0.25) is 0 Å². The number of carbonyl (C=O) groups excluding carboxylic acids is 2. The van der Waals surface area contributed by atoms with Crippen LogP contribution in [0.1, 0.15) is 22.0 Å². The van der Waals surface area contributed by atoms with E-state index in [1.807, 2.05) is 66.8 Å². The highest BCUT2D eigenvalue weighted by Gasteiger charge is 2.46. The summed E-state index contributed by atoms with van der Waals surface area (Å²) in [4.78, 5) is 30.2. The van der Waals surface area contributed by atoms with Crippen molar-refractivity contribution >= 4 is 28.8 Å². The molecule has 0 saturated carbocycles. The molecule has 1 aromatic heterocycles. The number of benzene rings is 2. The third kappa shape index (κ3) is 4.99. The summed E-state index contributed by atoms with van der Waals surface area (Å²) in [5, 5.41) is 13.0. The Morgan fingerprint density at radius 2 is 1.76 bits per heavy atom. The second-order valence-electron chi connectivity index (χ2n) is 8.11. The van der Waals surface area contributed by atoms with Crippen LogP contribution in [0.3, 0.4) is 0 Å². The second-order valence-corrected chi connectivity index (χ2v) is 9.09. The molecule has 170 valence electrons. The van der Waals surface area contributed by atoms with Crippen LogP contribution < -0.4 is 4.74 Å². The number of likely N-dealkylation sites (N-methyl/N-ethyl adjacent to an activating group) is 1. The molecule has 0 aliphatic carbocycles. The summed E-state index contributed by atoms with van der Waals surface area (Å²) in [5.74, 6) is -0.765. The minimum atomic E-state index is -0.658. The van der Waals surface area contributed by atoms with Crippen molar-refractivity contribution in [1.29, 1.82) is 0 Å². The van der Waals surface area contributed by atoms with Gasteiger partial charge in [0, 0.05) is 23.5 Å². The molecule has 6 nitrogen and oxygen atoms in total. The monoisotopic (exact) mass is 462 g/mol. The van der Waals surface area contributed by atoms with Crippen molar-refractivity contribution in [1.82, 2.24) is 9.80 Å². The van der Waals surface area contributed by atoms with Gasteiger partial charge < -0.3 is 19.6 Å². The van der Waals surface area contributed by atoms with E-state index in [1.165, 1.54) is 11.3 Å². The maximum Gasteiger partial charge on any atom is 0.295 e. The molecule has 0 spiro atoms. The van der Waals surface area contributed by atoms with E-state index in [-0.39, 0.29) is 11.3 Å². The van der Waals surface area contributed by atoms with E-state index in [2.05, 4.69) is 0 Å². The summed E-state index contributed by atoms with van der Waals surface area (Å²) in [6.07, 6.45) is 0. The molecule has 2 heterocycles. The fourth-order valence-electron chi connectivity index (χ4n) is 3.77. The first-order valence-electron chi connectivity index (χ1n) is 10.7. The molecule has 1 atom stereocenters. The van der Waals surface area contributed by atoms with Crippen molar-refractivity contribution in [2.24, 2.45) is 0 Å². The van der Waals surface area contributed by atoms with Crippen LogP contribution in [0.5, 0.6) is 5.75 Å². The van der Waals surface area contributed by atoms with Crippen molar-refractivity contribution < 1.29 is 19.4 Å². The molecular formula is C26H26N2O4S. The number of rotatable bonds is 8. The van der Waals surface area contributed by atoms with Gasteiger partial charge >= 0.3 is 0 Å². The predicted octanol–water partition coefficient (Wildman–Crippen LogP) is 4.31. The zero-order valence-electron chi connectivity index (χ0n) is 18.6. The van der Waals surface area contributed by atoms with Gasteiger partial charge in [0.2, 0.25) is 0 Å². The highest BCUT2D eigenvalue weighted by Crippen LogP contribution is 2.41. The average molecular weight is 463 g/mol. The third-order valence-electron chi connectivity index (χ3n) is 5.52. The zero-order valence-corrected chi connectivity index (χ0v) is 19.4. The number of nitrogens with zero attached hydrogens (tertiary/aromatic N) is 2. The molecule has 1 aliphatic rings. The van der Waals surface area contributed by atoms with Crippen molar-refractivity contribution in [3.8, 4) is 5.75 Å². The number of hydrogen-bond acceptors (Lipinski definition) is 6. The topological polar surface area (TPSA) is 70.1 Å². The smallest absolute Gasteiger partial charge is 0.295 e. The molecule has 1 aliphatic heterocycles. The molecule has 0 radical (unpaired) electrons. The fourth-order valence-corrected chi connectivity index (χ4v) is 4.61. The minimum Gasteiger partial charge on any atom is -0.507 e. The SMILES string of the molecule is CN(C)CCN1C(=O)C(=O)C(=C(O)c2ccc(OCc3ccccc3)cc2)[C@H]1c1cccs1. The molecule has 1 N–H and O–H groups in total. The standard InChI is InChI=1S/C26H26N2O4S/c1-27(2)14-15-28-23(21-9-6-16-33-21)22(25(30)26(28)31)24(29)19-10-12-20(13-11-19)32-17-18-7-4-3-5-8-18/h3-13,16,23,29H,14-15,17H2,1-2H3/t23-/m1/s1. The largest absolute Gasteiger partial charge is 0.507 e. The highest BCUT2D eigenvalue weighted by molar-refractivity contribution is 7.10. The number of hydrogen-bond donors (Lipinski definition) is 1. The molecule has 1 amide bonds. The Labute approximate surface area is 197 Å². The Morgan fingerprint density at radius 3 is 2.39 bits per heavy atom. The number of aliphatic hydroxyl groups is 1. The van der Waals surface area contributed by atoms with E-state index in [4.69, 9.17) is 4.74 Å². The van der Waals surface area contributed by atoms with Crippen molar-refractivity contribution in [2.45, 2.75) is 12.6 Å².